The third-order valence-electron chi connectivity index (χ3n) is 6.62. The fourth-order valence-corrected chi connectivity index (χ4v) is 5.03. The van der Waals surface area contributed by atoms with Crippen LogP contribution in [-0.2, 0) is 6.54 Å². The zero-order valence-corrected chi connectivity index (χ0v) is 19.2. The minimum atomic E-state index is -0.422. The number of halogens is 1. The number of benzene rings is 1. The zero-order valence-electron chi connectivity index (χ0n) is 18.4. The van der Waals surface area contributed by atoms with Crippen LogP contribution < -0.4 is 0 Å². The van der Waals surface area contributed by atoms with Gasteiger partial charge in [0.05, 0.1) is 11.7 Å². The van der Waals surface area contributed by atoms with Gasteiger partial charge in [0.15, 0.2) is 0 Å². The Hall–Kier alpha value is -2.45. The number of pyridine rings is 1. The van der Waals surface area contributed by atoms with Crippen LogP contribution in [0, 0.1) is 6.92 Å². The van der Waals surface area contributed by atoms with Gasteiger partial charge in [-0.1, -0.05) is 23.7 Å². The zero-order chi connectivity index (χ0) is 22.2. The molecule has 1 aliphatic heterocycles. The number of hydrogen-bond acceptors (Lipinski definition) is 5. The standard InChI is InChI=1S/C24H27BClN5O/c1-17-27-8-9-30(17)16-19-14-18-4-3-7-28-23(18)24(21-6-5-20(26)15-22(19)21)29-10-12-31(13-11-29)25(2)32/h3-9,14-15,24,32H,10-13,16H2,1-2H3. The normalized spacial score (nSPS) is 19.1. The summed E-state index contributed by atoms with van der Waals surface area (Å²) in [6.07, 6.45) is 7.99. The SMILES string of the molecule is CB(O)N1CCN(C2c3ccc(Cl)cc3C(Cn3ccnc3C)=Cc3cccnc32)CC1. The smallest absolute Gasteiger partial charge is 0.376 e. The molecule has 0 spiro atoms. The maximum absolute atomic E-state index is 10.0. The van der Waals surface area contributed by atoms with Crippen molar-refractivity contribution in [3.8, 4) is 0 Å². The predicted molar refractivity (Wildman–Crippen MR) is 129 cm³/mol. The highest BCUT2D eigenvalue weighted by molar-refractivity contribution is 6.45. The number of hydrogen-bond donors (Lipinski definition) is 1. The van der Waals surface area contributed by atoms with E-state index in [1.54, 1.807) is 0 Å². The first-order valence-electron chi connectivity index (χ1n) is 11.1. The first-order valence-corrected chi connectivity index (χ1v) is 11.5. The molecule has 164 valence electrons. The molecule has 1 saturated heterocycles. The van der Waals surface area contributed by atoms with Crippen LogP contribution in [0.1, 0.15) is 34.3 Å². The van der Waals surface area contributed by atoms with Crippen molar-refractivity contribution in [3.05, 3.63) is 82.2 Å². The van der Waals surface area contributed by atoms with Crippen LogP contribution in [0.15, 0.2) is 48.9 Å². The number of aromatic nitrogens is 3. The molecule has 0 bridgehead atoms. The first kappa shape index (κ1) is 21.4. The van der Waals surface area contributed by atoms with Crippen molar-refractivity contribution in [1.82, 2.24) is 24.2 Å². The molecule has 2 aliphatic rings. The molecule has 1 aromatic carbocycles. The predicted octanol–water partition coefficient (Wildman–Crippen LogP) is 3.61. The van der Waals surface area contributed by atoms with E-state index in [1.165, 1.54) is 11.1 Å². The van der Waals surface area contributed by atoms with Crippen molar-refractivity contribution in [3.63, 3.8) is 0 Å². The third kappa shape index (κ3) is 4.02. The summed E-state index contributed by atoms with van der Waals surface area (Å²) >= 11 is 6.50. The minimum absolute atomic E-state index is 0.0345. The van der Waals surface area contributed by atoms with Crippen molar-refractivity contribution in [2.24, 2.45) is 0 Å². The summed E-state index contributed by atoms with van der Waals surface area (Å²) < 4.78 is 2.16. The molecule has 0 saturated carbocycles. The van der Waals surface area contributed by atoms with Crippen molar-refractivity contribution in [2.75, 3.05) is 26.2 Å². The molecule has 6 nitrogen and oxygen atoms in total. The molecule has 5 rings (SSSR count). The van der Waals surface area contributed by atoms with E-state index >= 15 is 0 Å². The van der Waals surface area contributed by atoms with Crippen molar-refractivity contribution < 1.29 is 5.02 Å². The molecule has 1 aliphatic carbocycles. The molecule has 1 unspecified atom stereocenters. The van der Waals surface area contributed by atoms with Crippen molar-refractivity contribution >= 4 is 30.3 Å². The van der Waals surface area contributed by atoms with E-state index in [9.17, 15) is 5.02 Å². The molecule has 1 atom stereocenters. The molecule has 32 heavy (non-hydrogen) atoms. The summed E-state index contributed by atoms with van der Waals surface area (Å²) in [5.41, 5.74) is 5.78. The lowest BCUT2D eigenvalue weighted by atomic mass is 9.84. The third-order valence-corrected chi connectivity index (χ3v) is 6.86. The van der Waals surface area contributed by atoms with Gasteiger partial charge < -0.3 is 14.4 Å². The van der Waals surface area contributed by atoms with Gasteiger partial charge in [-0.05, 0) is 60.3 Å². The highest BCUT2D eigenvalue weighted by atomic mass is 35.5. The van der Waals surface area contributed by atoms with Crippen LogP contribution >= 0.6 is 11.6 Å². The van der Waals surface area contributed by atoms with Crippen LogP contribution in [0.5, 0.6) is 0 Å². The lowest BCUT2D eigenvalue weighted by molar-refractivity contribution is 0.144. The molecular weight excluding hydrogens is 421 g/mol. The van der Waals surface area contributed by atoms with E-state index in [-0.39, 0.29) is 6.04 Å². The second-order valence-electron chi connectivity index (χ2n) is 8.59. The molecular formula is C24H27BClN5O. The van der Waals surface area contributed by atoms with E-state index in [4.69, 9.17) is 16.6 Å². The second-order valence-corrected chi connectivity index (χ2v) is 9.02. The maximum atomic E-state index is 10.0. The summed E-state index contributed by atoms with van der Waals surface area (Å²) in [5.74, 6) is 0.982. The Labute approximate surface area is 194 Å². The van der Waals surface area contributed by atoms with E-state index in [0.717, 1.165) is 60.4 Å². The number of fused-ring (bicyclic) bond motifs is 2. The van der Waals surface area contributed by atoms with Crippen molar-refractivity contribution in [1.29, 1.82) is 0 Å². The first-order chi connectivity index (χ1) is 15.5. The molecule has 0 radical (unpaired) electrons. The largest absolute Gasteiger partial charge is 0.437 e. The average molecular weight is 448 g/mol. The molecule has 3 heterocycles. The Balaban J connectivity index is 1.61. The van der Waals surface area contributed by atoms with Crippen LogP contribution in [0.3, 0.4) is 0 Å². The number of rotatable bonds is 4. The minimum Gasteiger partial charge on any atom is -0.437 e. The number of imidazole rings is 1. The maximum Gasteiger partial charge on any atom is 0.376 e. The van der Waals surface area contributed by atoms with Gasteiger partial charge in [0, 0.05) is 56.3 Å². The lowest BCUT2D eigenvalue weighted by Gasteiger charge is -2.40. The molecule has 8 heteroatoms. The number of nitrogens with zero attached hydrogens (tertiary/aromatic N) is 5. The summed E-state index contributed by atoms with van der Waals surface area (Å²) in [6, 6.07) is 10.4. The van der Waals surface area contributed by atoms with E-state index < -0.39 is 7.05 Å². The van der Waals surface area contributed by atoms with E-state index in [1.807, 2.05) is 44.5 Å². The highest BCUT2D eigenvalue weighted by Gasteiger charge is 2.33. The molecule has 2 aromatic heterocycles. The van der Waals surface area contributed by atoms with Gasteiger partial charge in [-0.3, -0.25) is 9.88 Å². The van der Waals surface area contributed by atoms with Crippen LogP contribution in [0.25, 0.3) is 11.6 Å². The van der Waals surface area contributed by atoms with Crippen LogP contribution in [-0.4, -0.2) is 62.5 Å². The molecule has 1 fully saturated rings. The van der Waals surface area contributed by atoms with Gasteiger partial charge in [0.2, 0.25) is 0 Å². The quantitative estimate of drug-likeness (QED) is 0.619. The van der Waals surface area contributed by atoms with Crippen LogP contribution in [0.4, 0.5) is 0 Å². The van der Waals surface area contributed by atoms with Gasteiger partial charge in [-0.15, -0.1) is 0 Å². The van der Waals surface area contributed by atoms with Crippen molar-refractivity contribution in [2.45, 2.75) is 26.3 Å². The topological polar surface area (TPSA) is 57.4 Å². The summed E-state index contributed by atoms with van der Waals surface area (Å²) in [5, 5.41) is 10.7. The Morgan fingerprint density at radius 1 is 1.12 bits per heavy atom. The fourth-order valence-electron chi connectivity index (χ4n) is 4.86. The van der Waals surface area contributed by atoms with Gasteiger partial charge in [0.1, 0.15) is 5.82 Å². The van der Waals surface area contributed by atoms with E-state index in [0.29, 0.717) is 0 Å². The Morgan fingerprint density at radius 3 is 2.66 bits per heavy atom. The average Bonchev–Trinajstić information content (AvgIpc) is 3.14. The second kappa shape index (κ2) is 8.83. The highest BCUT2D eigenvalue weighted by Crippen LogP contribution is 2.40. The Bertz CT molecular complexity index is 1150. The number of piperazine rings is 1. The van der Waals surface area contributed by atoms with E-state index in [2.05, 4.69) is 43.5 Å². The number of aryl methyl sites for hydroxylation is 1. The number of allylic oxidation sites excluding steroid dienone is 1. The Morgan fingerprint density at radius 2 is 1.94 bits per heavy atom. The van der Waals surface area contributed by atoms with Gasteiger partial charge in [0.25, 0.3) is 0 Å². The summed E-state index contributed by atoms with van der Waals surface area (Å²) in [6.45, 7) is 7.96. The van der Waals surface area contributed by atoms with Gasteiger partial charge in [-0.2, -0.15) is 0 Å². The van der Waals surface area contributed by atoms with Gasteiger partial charge in [-0.25, -0.2) is 4.98 Å². The Kier molecular flexibility index (Phi) is 5.91. The monoisotopic (exact) mass is 447 g/mol. The fraction of sp³-hybridized carbons (Fsp3) is 0.333. The molecule has 0 amide bonds. The lowest BCUT2D eigenvalue weighted by Crippen LogP contribution is -2.52. The summed E-state index contributed by atoms with van der Waals surface area (Å²) in [4.78, 5) is 13.9. The van der Waals surface area contributed by atoms with Gasteiger partial charge >= 0.3 is 7.05 Å². The molecule has 1 N–H and O–H groups in total. The van der Waals surface area contributed by atoms with Crippen LogP contribution in [0.2, 0.25) is 11.8 Å². The molecule has 3 aromatic rings. The summed E-state index contributed by atoms with van der Waals surface area (Å²) in [7, 11) is -0.422.